The SMILES string of the molecule is CCNC(=NCC(C)c1c(C)noc1C)N1CCC(Cc2ccccc2)CC1.I. The minimum absolute atomic E-state index is 0. The summed E-state index contributed by atoms with van der Waals surface area (Å²) in [4.78, 5) is 7.37. The lowest BCUT2D eigenvalue weighted by Crippen LogP contribution is -2.46. The predicted octanol–water partition coefficient (Wildman–Crippen LogP) is 4.93. The third kappa shape index (κ3) is 6.46. The molecule has 3 rings (SSSR count). The third-order valence-electron chi connectivity index (χ3n) is 5.71. The van der Waals surface area contributed by atoms with E-state index >= 15 is 0 Å². The van der Waals surface area contributed by atoms with Gasteiger partial charge >= 0.3 is 0 Å². The highest BCUT2D eigenvalue weighted by Gasteiger charge is 2.22. The van der Waals surface area contributed by atoms with Crippen molar-refractivity contribution in [3.8, 4) is 0 Å². The van der Waals surface area contributed by atoms with E-state index in [-0.39, 0.29) is 24.0 Å². The van der Waals surface area contributed by atoms with Crippen LogP contribution in [0.3, 0.4) is 0 Å². The second-order valence-corrected chi connectivity index (χ2v) is 7.95. The summed E-state index contributed by atoms with van der Waals surface area (Å²) in [5, 5.41) is 7.57. The van der Waals surface area contributed by atoms with Gasteiger partial charge in [-0.05, 0) is 51.5 Å². The number of piperidine rings is 1. The number of hydrogen-bond donors (Lipinski definition) is 1. The van der Waals surface area contributed by atoms with Gasteiger partial charge in [-0.3, -0.25) is 4.99 Å². The molecule has 1 unspecified atom stereocenters. The molecule has 0 aliphatic carbocycles. The van der Waals surface area contributed by atoms with Crippen molar-refractivity contribution in [3.63, 3.8) is 0 Å². The van der Waals surface area contributed by atoms with Crippen LogP contribution in [-0.2, 0) is 6.42 Å². The minimum atomic E-state index is 0. The maximum atomic E-state index is 5.32. The largest absolute Gasteiger partial charge is 0.361 e. The Labute approximate surface area is 192 Å². The second kappa shape index (κ2) is 11.6. The zero-order valence-electron chi connectivity index (χ0n) is 18.1. The molecule has 6 heteroatoms. The van der Waals surface area contributed by atoms with E-state index < -0.39 is 0 Å². The average Bonchev–Trinajstić information content (AvgIpc) is 3.05. The smallest absolute Gasteiger partial charge is 0.193 e. The van der Waals surface area contributed by atoms with Crippen molar-refractivity contribution in [2.24, 2.45) is 10.9 Å². The van der Waals surface area contributed by atoms with Crippen LogP contribution in [0.25, 0.3) is 0 Å². The highest BCUT2D eigenvalue weighted by atomic mass is 127. The molecule has 0 saturated carbocycles. The molecule has 160 valence electrons. The molecule has 1 aliphatic rings. The molecule has 0 bridgehead atoms. The van der Waals surface area contributed by atoms with Crippen LogP contribution in [0.1, 0.15) is 55.2 Å². The Morgan fingerprint density at radius 3 is 2.52 bits per heavy atom. The topological polar surface area (TPSA) is 53.7 Å². The second-order valence-electron chi connectivity index (χ2n) is 7.95. The zero-order chi connectivity index (χ0) is 19.9. The van der Waals surface area contributed by atoms with Crippen LogP contribution < -0.4 is 5.32 Å². The first-order valence-corrected chi connectivity index (χ1v) is 10.6. The van der Waals surface area contributed by atoms with Crippen molar-refractivity contribution in [2.45, 2.75) is 52.9 Å². The van der Waals surface area contributed by atoms with Crippen LogP contribution in [0, 0.1) is 19.8 Å². The Balaban J connectivity index is 0.00000300. The van der Waals surface area contributed by atoms with Crippen molar-refractivity contribution < 1.29 is 4.52 Å². The summed E-state index contributed by atoms with van der Waals surface area (Å²) in [6.07, 6.45) is 3.63. The highest BCUT2D eigenvalue weighted by molar-refractivity contribution is 14.0. The van der Waals surface area contributed by atoms with Crippen molar-refractivity contribution in [1.82, 2.24) is 15.4 Å². The molecule has 1 N–H and O–H groups in total. The molecule has 2 heterocycles. The van der Waals surface area contributed by atoms with Gasteiger partial charge in [-0.2, -0.15) is 0 Å². The number of aromatic nitrogens is 1. The molecule has 1 atom stereocenters. The molecular weight excluding hydrogens is 475 g/mol. The maximum Gasteiger partial charge on any atom is 0.193 e. The standard InChI is InChI=1S/C23H34N4O.HI/c1-5-24-23(25-16-17(2)22-18(3)26-28-19(22)4)27-13-11-21(12-14-27)15-20-9-7-6-8-10-20;/h6-10,17,21H,5,11-16H2,1-4H3,(H,24,25);1H. The van der Waals surface area contributed by atoms with E-state index in [1.165, 1.54) is 30.4 Å². The van der Waals surface area contributed by atoms with Gasteiger partial charge in [0.1, 0.15) is 5.76 Å². The van der Waals surface area contributed by atoms with Crippen LogP contribution in [-0.4, -0.2) is 42.2 Å². The maximum absolute atomic E-state index is 5.32. The van der Waals surface area contributed by atoms with Gasteiger partial charge in [-0.25, -0.2) is 0 Å². The number of nitrogens with one attached hydrogen (secondary N) is 1. The van der Waals surface area contributed by atoms with E-state index in [0.29, 0.717) is 5.92 Å². The van der Waals surface area contributed by atoms with Crippen LogP contribution in [0.4, 0.5) is 0 Å². The summed E-state index contributed by atoms with van der Waals surface area (Å²) in [5.74, 6) is 3.02. The first-order valence-electron chi connectivity index (χ1n) is 10.6. The number of aliphatic imine (C=N–C) groups is 1. The van der Waals surface area contributed by atoms with Crippen molar-refractivity contribution in [2.75, 3.05) is 26.2 Å². The van der Waals surface area contributed by atoms with Gasteiger partial charge in [0.25, 0.3) is 0 Å². The average molecular weight is 510 g/mol. The number of rotatable bonds is 6. The quantitative estimate of drug-likeness (QED) is 0.340. The van der Waals surface area contributed by atoms with Crippen LogP contribution in [0.15, 0.2) is 39.8 Å². The lowest BCUT2D eigenvalue weighted by atomic mass is 9.90. The Kier molecular flexibility index (Phi) is 9.46. The van der Waals surface area contributed by atoms with Gasteiger partial charge in [0.15, 0.2) is 5.96 Å². The molecule has 29 heavy (non-hydrogen) atoms. The van der Waals surface area contributed by atoms with E-state index in [2.05, 4.69) is 59.6 Å². The predicted molar refractivity (Wildman–Crippen MR) is 130 cm³/mol. The summed E-state index contributed by atoms with van der Waals surface area (Å²) in [5.41, 5.74) is 3.63. The fraction of sp³-hybridized carbons (Fsp3) is 0.565. The number of hydrogen-bond acceptors (Lipinski definition) is 3. The van der Waals surface area contributed by atoms with Gasteiger partial charge in [-0.15, -0.1) is 24.0 Å². The molecule has 1 aromatic carbocycles. The van der Waals surface area contributed by atoms with E-state index in [4.69, 9.17) is 9.52 Å². The Morgan fingerprint density at radius 1 is 1.24 bits per heavy atom. The minimum Gasteiger partial charge on any atom is -0.361 e. The number of guanidine groups is 1. The van der Waals surface area contributed by atoms with Crippen molar-refractivity contribution in [1.29, 1.82) is 0 Å². The molecular formula is C23H35IN4O. The number of halogens is 1. The van der Waals surface area contributed by atoms with E-state index in [1.807, 2.05) is 13.8 Å². The zero-order valence-corrected chi connectivity index (χ0v) is 20.5. The van der Waals surface area contributed by atoms with Crippen molar-refractivity contribution >= 4 is 29.9 Å². The van der Waals surface area contributed by atoms with E-state index in [0.717, 1.165) is 49.5 Å². The van der Waals surface area contributed by atoms with Crippen LogP contribution in [0.5, 0.6) is 0 Å². The Hall–Kier alpha value is -1.57. The molecule has 1 saturated heterocycles. The number of likely N-dealkylation sites (tertiary alicyclic amines) is 1. The fourth-order valence-electron chi connectivity index (χ4n) is 4.23. The molecule has 1 fully saturated rings. The third-order valence-corrected chi connectivity index (χ3v) is 5.71. The van der Waals surface area contributed by atoms with E-state index in [1.54, 1.807) is 0 Å². The molecule has 2 aromatic rings. The molecule has 0 spiro atoms. The molecule has 5 nitrogen and oxygen atoms in total. The highest BCUT2D eigenvalue weighted by Crippen LogP contribution is 2.24. The summed E-state index contributed by atoms with van der Waals surface area (Å²) in [6, 6.07) is 10.9. The lowest BCUT2D eigenvalue weighted by Gasteiger charge is -2.34. The molecule has 0 radical (unpaired) electrons. The molecule has 0 amide bonds. The number of benzene rings is 1. The lowest BCUT2D eigenvalue weighted by molar-refractivity contribution is 0.259. The van der Waals surface area contributed by atoms with Gasteiger partial charge < -0.3 is 14.7 Å². The van der Waals surface area contributed by atoms with Gasteiger partial charge in [0.05, 0.1) is 5.69 Å². The molecule has 1 aromatic heterocycles. The number of nitrogens with zero attached hydrogens (tertiary/aromatic N) is 3. The summed E-state index contributed by atoms with van der Waals surface area (Å²) >= 11 is 0. The number of aryl methyl sites for hydroxylation is 2. The van der Waals surface area contributed by atoms with Gasteiger partial charge in [0.2, 0.25) is 0 Å². The van der Waals surface area contributed by atoms with Crippen LogP contribution >= 0.6 is 24.0 Å². The monoisotopic (exact) mass is 510 g/mol. The normalized spacial score (nSPS) is 16.4. The molecule has 1 aliphatic heterocycles. The van der Waals surface area contributed by atoms with Gasteiger partial charge in [-0.1, -0.05) is 42.4 Å². The Morgan fingerprint density at radius 2 is 1.93 bits per heavy atom. The van der Waals surface area contributed by atoms with Crippen molar-refractivity contribution in [3.05, 3.63) is 52.9 Å². The summed E-state index contributed by atoms with van der Waals surface area (Å²) in [7, 11) is 0. The fourth-order valence-corrected chi connectivity index (χ4v) is 4.23. The van der Waals surface area contributed by atoms with Gasteiger partial charge in [0, 0.05) is 37.7 Å². The Bertz CT molecular complexity index is 747. The van der Waals surface area contributed by atoms with Crippen LogP contribution in [0.2, 0.25) is 0 Å². The van der Waals surface area contributed by atoms with E-state index in [9.17, 15) is 0 Å². The first kappa shape index (κ1) is 23.7. The summed E-state index contributed by atoms with van der Waals surface area (Å²) in [6.45, 7) is 12.1. The first-order chi connectivity index (χ1) is 13.6. The summed E-state index contributed by atoms with van der Waals surface area (Å²) < 4.78 is 5.32.